The second-order valence-electron chi connectivity index (χ2n) is 5.23. The third-order valence-electron chi connectivity index (χ3n) is 3.68. The van der Waals surface area contributed by atoms with Crippen LogP contribution in [0.3, 0.4) is 0 Å². The molecule has 0 atom stereocenters. The number of fused-ring (bicyclic) bond motifs is 1. The van der Waals surface area contributed by atoms with Crippen LogP contribution in [0.2, 0.25) is 0 Å². The van der Waals surface area contributed by atoms with E-state index in [9.17, 15) is 13.2 Å². The van der Waals surface area contributed by atoms with Gasteiger partial charge in [0.2, 0.25) is 5.43 Å². The molecule has 0 aliphatic carbocycles. The van der Waals surface area contributed by atoms with Gasteiger partial charge in [-0.2, -0.15) is 0 Å². The number of anilines is 1. The van der Waals surface area contributed by atoms with E-state index in [1.54, 1.807) is 41.8 Å². The largest absolute Gasteiger partial charge is 0.287 e. The number of nitrogens with zero attached hydrogens (tertiary/aromatic N) is 1. The van der Waals surface area contributed by atoms with Gasteiger partial charge in [-0.25, -0.2) is 8.42 Å². The first-order valence-corrected chi connectivity index (χ1v) is 9.29. The second kappa shape index (κ2) is 5.79. The number of hydrogen-bond donors (Lipinski definition) is 0. The first-order valence-electron chi connectivity index (χ1n) is 6.97. The van der Waals surface area contributed by atoms with Gasteiger partial charge in [-0.1, -0.05) is 29.8 Å². The van der Waals surface area contributed by atoms with Gasteiger partial charge in [0.1, 0.15) is 5.69 Å². The Hall–Kier alpha value is -2.18. The van der Waals surface area contributed by atoms with Crippen molar-refractivity contribution in [2.75, 3.05) is 11.4 Å². The summed E-state index contributed by atoms with van der Waals surface area (Å²) in [7, 11) is -2.35. The molecule has 4 nitrogen and oxygen atoms in total. The summed E-state index contributed by atoms with van der Waals surface area (Å²) in [5.41, 5.74) is 0.857. The predicted molar refractivity (Wildman–Crippen MR) is 94.9 cm³/mol. The maximum Gasteiger partial charge on any atom is 0.264 e. The van der Waals surface area contributed by atoms with Crippen LogP contribution in [-0.4, -0.2) is 15.5 Å². The monoisotopic (exact) mass is 345 g/mol. The Morgan fingerprint density at radius 1 is 1.00 bits per heavy atom. The van der Waals surface area contributed by atoms with Gasteiger partial charge in [0.15, 0.2) is 0 Å². The standard InChI is InChI=1S/C17H15NO3S2/c1-12-7-9-13(10-8-12)23(20,21)18(2)15-11-22-16-6-4-3-5-14(16)17(15)19/h3-11H,1-2H3. The molecule has 1 aromatic heterocycles. The summed E-state index contributed by atoms with van der Waals surface area (Å²) in [5.74, 6) is 0. The van der Waals surface area contributed by atoms with Gasteiger partial charge in [-0.15, -0.1) is 11.3 Å². The molecule has 23 heavy (non-hydrogen) atoms. The van der Waals surface area contributed by atoms with Crippen molar-refractivity contribution in [2.24, 2.45) is 0 Å². The minimum absolute atomic E-state index is 0.161. The molecule has 0 N–H and O–H groups in total. The van der Waals surface area contributed by atoms with Gasteiger partial charge in [-0.05, 0) is 31.2 Å². The summed E-state index contributed by atoms with van der Waals surface area (Å²) >= 11 is 1.35. The zero-order valence-corrected chi connectivity index (χ0v) is 14.3. The first kappa shape index (κ1) is 15.7. The molecular weight excluding hydrogens is 330 g/mol. The van der Waals surface area contributed by atoms with Crippen LogP contribution >= 0.6 is 11.3 Å². The minimum Gasteiger partial charge on any atom is -0.287 e. The summed E-state index contributed by atoms with van der Waals surface area (Å²) in [5, 5.41) is 2.12. The summed E-state index contributed by atoms with van der Waals surface area (Å²) in [4.78, 5) is 12.8. The Morgan fingerprint density at radius 2 is 1.65 bits per heavy atom. The van der Waals surface area contributed by atoms with Gasteiger partial charge in [0, 0.05) is 22.5 Å². The summed E-state index contributed by atoms with van der Waals surface area (Å²) < 4.78 is 27.3. The SMILES string of the molecule is Cc1ccc(S(=O)(=O)N(C)c2csc3ccccc3c2=O)cc1. The normalized spacial score (nSPS) is 11.6. The molecule has 0 aliphatic heterocycles. The molecule has 0 bridgehead atoms. The fraction of sp³-hybridized carbons (Fsp3) is 0.118. The van der Waals surface area contributed by atoms with E-state index in [-0.39, 0.29) is 16.0 Å². The number of aryl methyl sites for hydroxylation is 1. The van der Waals surface area contributed by atoms with Crippen LogP contribution in [0.25, 0.3) is 10.1 Å². The van der Waals surface area contributed by atoms with Crippen molar-refractivity contribution < 1.29 is 8.42 Å². The summed E-state index contributed by atoms with van der Waals surface area (Å²) in [6, 6.07) is 13.8. The second-order valence-corrected chi connectivity index (χ2v) is 8.11. The molecule has 118 valence electrons. The summed E-state index contributed by atoms with van der Waals surface area (Å²) in [6.07, 6.45) is 0. The van der Waals surface area contributed by atoms with Crippen molar-refractivity contribution in [3.05, 3.63) is 69.7 Å². The highest BCUT2D eigenvalue weighted by molar-refractivity contribution is 7.92. The van der Waals surface area contributed by atoms with Crippen molar-refractivity contribution >= 4 is 37.1 Å². The number of rotatable bonds is 3. The molecule has 0 aliphatic rings. The fourth-order valence-corrected chi connectivity index (χ4v) is 4.49. The van der Waals surface area contributed by atoms with Crippen LogP contribution in [-0.2, 0) is 10.0 Å². The molecule has 0 saturated heterocycles. The molecule has 0 saturated carbocycles. The lowest BCUT2D eigenvalue weighted by atomic mass is 10.2. The van der Waals surface area contributed by atoms with Gasteiger partial charge in [-0.3, -0.25) is 9.10 Å². The quantitative estimate of drug-likeness (QED) is 0.731. The van der Waals surface area contributed by atoms with E-state index < -0.39 is 10.0 Å². The van der Waals surface area contributed by atoms with Gasteiger partial charge in [0.25, 0.3) is 10.0 Å². The lowest BCUT2D eigenvalue weighted by molar-refractivity contribution is 0.594. The average molecular weight is 345 g/mol. The highest BCUT2D eigenvalue weighted by Gasteiger charge is 2.23. The highest BCUT2D eigenvalue weighted by Crippen LogP contribution is 2.24. The molecule has 0 amide bonds. The minimum atomic E-state index is -3.76. The van der Waals surface area contributed by atoms with Crippen LogP contribution in [0.5, 0.6) is 0 Å². The molecular formula is C17H15NO3S2. The highest BCUT2D eigenvalue weighted by atomic mass is 32.2. The number of sulfonamides is 1. The van der Waals surface area contributed by atoms with Crippen molar-refractivity contribution in [1.82, 2.24) is 0 Å². The van der Waals surface area contributed by atoms with E-state index in [2.05, 4.69) is 0 Å². The molecule has 3 rings (SSSR count). The Labute approximate surface area is 138 Å². The fourth-order valence-electron chi connectivity index (χ4n) is 2.28. The van der Waals surface area contributed by atoms with Crippen LogP contribution in [0, 0.1) is 6.92 Å². The van der Waals surface area contributed by atoms with Crippen LogP contribution in [0.1, 0.15) is 5.56 Å². The maximum atomic E-state index is 12.7. The molecule has 0 radical (unpaired) electrons. The van der Waals surface area contributed by atoms with Gasteiger partial charge < -0.3 is 0 Å². The van der Waals surface area contributed by atoms with Crippen LogP contribution in [0.4, 0.5) is 5.69 Å². The zero-order valence-electron chi connectivity index (χ0n) is 12.7. The van der Waals surface area contributed by atoms with E-state index in [4.69, 9.17) is 0 Å². The predicted octanol–water partition coefficient (Wildman–Crippen LogP) is 3.40. The average Bonchev–Trinajstić information content (AvgIpc) is 2.55. The lowest BCUT2D eigenvalue weighted by Crippen LogP contribution is -2.30. The van der Waals surface area contributed by atoms with E-state index in [1.807, 2.05) is 19.1 Å². The smallest absolute Gasteiger partial charge is 0.264 e. The van der Waals surface area contributed by atoms with Crippen molar-refractivity contribution in [1.29, 1.82) is 0 Å². The van der Waals surface area contributed by atoms with Crippen molar-refractivity contribution in [2.45, 2.75) is 11.8 Å². The first-order chi connectivity index (χ1) is 10.9. The molecule has 0 fully saturated rings. The number of hydrogen-bond acceptors (Lipinski definition) is 4. The van der Waals surface area contributed by atoms with Crippen molar-refractivity contribution in [3.8, 4) is 0 Å². The molecule has 6 heteroatoms. The number of benzene rings is 2. The van der Waals surface area contributed by atoms with Crippen molar-refractivity contribution in [3.63, 3.8) is 0 Å². The van der Waals surface area contributed by atoms with Gasteiger partial charge >= 0.3 is 0 Å². The molecule has 3 aromatic rings. The van der Waals surface area contributed by atoms with Gasteiger partial charge in [0.05, 0.1) is 4.90 Å². The maximum absolute atomic E-state index is 12.7. The molecule has 1 heterocycles. The zero-order chi connectivity index (χ0) is 16.6. The van der Waals surface area contributed by atoms with E-state index >= 15 is 0 Å². The Balaban J connectivity index is 2.13. The van der Waals surface area contributed by atoms with E-state index in [1.165, 1.54) is 18.4 Å². The Morgan fingerprint density at radius 3 is 2.35 bits per heavy atom. The lowest BCUT2D eigenvalue weighted by Gasteiger charge is -2.19. The summed E-state index contributed by atoms with van der Waals surface area (Å²) in [6.45, 7) is 1.89. The third-order valence-corrected chi connectivity index (χ3v) is 6.42. The molecule has 0 unspecified atom stereocenters. The van der Waals surface area contributed by atoms with Crippen LogP contribution in [0.15, 0.2) is 63.6 Å². The van der Waals surface area contributed by atoms with E-state index in [0.29, 0.717) is 5.39 Å². The molecule has 0 spiro atoms. The molecule has 2 aromatic carbocycles. The topological polar surface area (TPSA) is 54.5 Å². The van der Waals surface area contributed by atoms with Crippen LogP contribution < -0.4 is 9.73 Å². The Kier molecular flexibility index (Phi) is 3.95. The Bertz CT molecular complexity index is 1020. The van der Waals surface area contributed by atoms with E-state index in [0.717, 1.165) is 14.6 Å². The third kappa shape index (κ3) is 2.75.